The number of aromatic amines is 1. The number of nitrogens with one attached hydrogen (secondary N) is 1. The first kappa shape index (κ1) is 22.0. The van der Waals surface area contributed by atoms with Crippen LogP contribution in [-0.2, 0) is 0 Å². The Morgan fingerprint density at radius 3 is 2.59 bits per heavy atom. The molecule has 0 radical (unpaired) electrons. The maximum atomic E-state index is 5.71. The van der Waals surface area contributed by atoms with Gasteiger partial charge < -0.3 is 14.2 Å². The van der Waals surface area contributed by atoms with E-state index in [-0.39, 0.29) is 5.92 Å². The van der Waals surface area contributed by atoms with Gasteiger partial charge in [0.15, 0.2) is 5.65 Å². The summed E-state index contributed by atoms with van der Waals surface area (Å²) in [4.78, 5) is 17.9. The third-order valence-electron chi connectivity index (χ3n) is 6.38. The topological polar surface area (TPSA) is 108 Å². The Bertz CT molecular complexity index is 1470. The Morgan fingerprint density at radius 1 is 1.18 bits per heavy atom. The smallest absolute Gasteiger partial charge is 0.277 e. The number of amidine groups is 1. The molecule has 0 spiro atoms. The van der Waals surface area contributed by atoms with Gasteiger partial charge in [0.2, 0.25) is 17.5 Å². The minimum atomic E-state index is 0.180. The summed E-state index contributed by atoms with van der Waals surface area (Å²) in [6.45, 7) is 10.1. The molecule has 0 fully saturated rings. The average Bonchev–Trinajstić information content (AvgIpc) is 3.45. The molecule has 0 saturated heterocycles. The van der Waals surface area contributed by atoms with Crippen LogP contribution in [0, 0.1) is 32.6 Å². The number of hydrogen-bond acceptors (Lipinski definition) is 7. The molecule has 0 amide bonds. The van der Waals surface area contributed by atoms with E-state index >= 15 is 0 Å². The lowest BCUT2D eigenvalue weighted by molar-refractivity contribution is -0.416. The second-order valence-corrected chi connectivity index (χ2v) is 9.06. The van der Waals surface area contributed by atoms with Crippen LogP contribution < -0.4 is 4.74 Å². The molecule has 0 bridgehead atoms. The fourth-order valence-corrected chi connectivity index (χ4v) is 4.75. The second-order valence-electron chi connectivity index (χ2n) is 9.06. The SMILES string of the molecule is COc1nc2c(cc1-c1c(C)noc1C)[nH]c1nc(C)nc([N+](C)=C3C(C(C)C)C=NN3C)c12. The Kier molecular flexibility index (Phi) is 5.11. The van der Waals surface area contributed by atoms with Gasteiger partial charge in [-0.25, -0.2) is 9.56 Å². The van der Waals surface area contributed by atoms with Crippen molar-refractivity contribution >= 4 is 39.9 Å². The van der Waals surface area contributed by atoms with Gasteiger partial charge in [-0.05, 0) is 25.8 Å². The van der Waals surface area contributed by atoms with E-state index in [0.717, 1.165) is 50.5 Å². The molecule has 10 nitrogen and oxygen atoms in total. The molecule has 10 heteroatoms. The van der Waals surface area contributed by atoms with Crippen molar-refractivity contribution in [2.24, 2.45) is 16.9 Å². The maximum Gasteiger partial charge on any atom is 0.277 e. The molecule has 4 aromatic heterocycles. The van der Waals surface area contributed by atoms with E-state index < -0.39 is 0 Å². The van der Waals surface area contributed by atoms with E-state index in [1.54, 1.807) is 7.11 Å². The molecule has 1 atom stereocenters. The lowest BCUT2D eigenvalue weighted by atomic mass is 9.96. The van der Waals surface area contributed by atoms with E-state index in [1.807, 2.05) is 52.2 Å². The first-order valence-electron chi connectivity index (χ1n) is 11.3. The number of rotatable bonds is 4. The summed E-state index contributed by atoms with van der Waals surface area (Å²) in [6.07, 6.45) is 1.99. The maximum absolute atomic E-state index is 5.71. The molecule has 5 heterocycles. The quantitative estimate of drug-likeness (QED) is 0.458. The van der Waals surface area contributed by atoms with Crippen LogP contribution in [0.4, 0.5) is 5.82 Å². The van der Waals surface area contributed by atoms with E-state index in [9.17, 15) is 0 Å². The Hall–Kier alpha value is -3.82. The highest BCUT2D eigenvalue weighted by Gasteiger charge is 2.35. The molecule has 4 aromatic rings. The molecule has 0 saturated carbocycles. The van der Waals surface area contributed by atoms with Gasteiger partial charge in [-0.3, -0.25) is 0 Å². The molecular formula is C24H29N8O2+. The minimum Gasteiger partial charge on any atom is -0.481 e. The van der Waals surface area contributed by atoms with Gasteiger partial charge >= 0.3 is 0 Å². The van der Waals surface area contributed by atoms with Gasteiger partial charge in [-0.2, -0.15) is 9.99 Å². The first-order valence-corrected chi connectivity index (χ1v) is 11.3. The minimum absolute atomic E-state index is 0.180. The van der Waals surface area contributed by atoms with Crippen molar-refractivity contribution in [3.8, 4) is 17.0 Å². The summed E-state index contributed by atoms with van der Waals surface area (Å²) in [5, 5.41) is 11.4. The van der Waals surface area contributed by atoms with Gasteiger partial charge in [-0.15, -0.1) is 5.10 Å². The van der Waals surface area contributed by atoms with Crippen LogP contribution in [0.1, 0.15) is 31.1 Å². The zero-order valence-electron chi connectivity index (χ0n) is 20.8. The summed E-state index contributed by atoms with van der Waals surface area (Å²) in [5.74, 6) is 4.27. The van der Waals surface area contributed by atoms with Crippen LogP contribution in [0.3, 0.4) is 0 Å². The lowest BCUT2D eigenvalue weighted by Crippen LogP contribution is -2.33. The third kappa shape index (κ3) is 3.24. The Morgan fingerprint density at radius 2 is 1.94 bits per heavy atom. The fraction of sp³-hybridized carbons (Fsp3) is 0.417. The van der Waals surface area contributed by atoms with Gasteiger partial charge in [0.1, 0.15) is 16.7 Å². The number of hydrogen-bond donors (Lipinski definition) is 1. The Labute approximate surface area is 197 Å². The predicted octanol–water partition coefficient (Wildman–Crippen LogP) is 3.97. The zero-order chi connectivity index (χ0) is 24.3. The predicted molar refractivity (Wildman–Crippen MR) is 131 cm³/mol. The number of nitrogens with zero attached hydrogens (tertiary/aromatic N) is 7. The molecule has 34 heavy (non-hydrogen) atoms. The van der Waals surface area contributed by atoms with Crippen LogP contribution >= 0.6 is 0 Å². The first-order chi connectivity index (χ1) is 16.2. The van der Waals surface area contributed by atoms with Crippen molar-refractivity contribution in [1.82, 2.24) is 30.1 Å². The van der Waals surface area contributed by atoms with Crippen LogP contribution in [0.15, 0.2) is 15.7 Å². The number of H-pyrrole nitrogens is 1. The van der Waals surface area contributed by atoms with E-state index in [1.165, 1.54) is 0 Å². The van der Waals surface area contributed by atoms with Gasteiger partial charge in [0.05, 0.1) is 55.7 Å². The van der Waals surface area contributed by atoms with Crippen molar-refractivity contribution < 1.29 is 13.8 Å². The van der Waals surface area contributed by atoms with Crippen molar-refractivity contribution in [3.05, 3.63) is 23.3 Å². The summed E-state index contributed by atoms with van der Waals surface area (Å²) in [5.41, 5.74) is 4.77. The van der Waals surface area contributed by atoms with Crippen molar-refractivity contribution in [1.29, 1.82) is 0 Å². The molecule has 1 aliphatic heterocycles. The average molecular weight is 462 g/mol. The van der Waals surface area contributed by atoms with E-state index in [4.69, 9.17) is 19.2 Å². The number of aryl methyl sites for hydroxylation is 3. The lowest BCUT2D eigenvalue weighted by Gasteiger charge is -2.16. The van der Waals surface area contributed by atoms with Crippen LogP contribution in [0.5, 0.6) is 5.88 Å². The molecule has 5 rings (SSSR count). The highest BCUT2D eigenvalue weighted by molar-refractivity contribution is 6.09. The van der Waals surface area contributed by atoms with Gasteiger partial charge in [-0.1, -0.05) is 24.0 Å². The van der Waals surface area contributed by atoms with Crippen molar-refractivity contribution in [2.75, 3.05) is 21.2 Å². The monoisotopic (exact) mass is 461 g/mol. The Balaban J connectivity index is 1.82. The van der Waals surface area contributed by atoms with Crippen molar-refractivity contribution in [3.63, 3.8) is 0 Å². The summed E-state index contributed by atoms with van der Waals surface area (Å²) in [7, 11) is 5.60. The highest BCUT2D eigenvalue weighted by atomic mass is 16.5. The molecule has 0 aliphatic carbocycles. The molecule has 1 aliphatic rings. The van der Waals surface area contributed by atoms with Gasteiger partial charge in [0, 0.05) is 6.92 Å². The summed E-state index contributed by atoms with van der Waals surface area (Å²) >= 11 is 0. The zero-order valence-corrected chi connectivity index (χ0v) is 20.8. The van der Waals surface area contributed by atoms with Crippen molar-refractivity contribution in [2.45, 2.75) is 34.6 Å². The molecular weight excluding hydrogens is 432 g/mol. The number of ether oxygens (including phenoxy) is 1. The molecule has 176 valence electrons. The molecule has 0 aromatic carbocycles. The fourth-order valence-electron chi connectivity index (χ4n) is 4.75. The normalized spacial score (nSPS) is 17.6. The van der Waals surface area contributed by atoms with Crippen LogP contribution in [-0.4, -0.2) is 67.9 Å². The summed E-state index contributed by atoms with van der Waals surface area (Å²) < 4.78 is 13.2. The number of aromatic nitrogens is 5. The van der Waals surface area contributed by atoms with E-state index in [2.05, 4.69) is 38.6 Å². The third-order valence-corrected chi connectivity index (χ3v) is 6.38. The number of pyridine rings is 1. The molecule has 1 unspecified atom stereocenters. The van der Waals surface area contributed by atoms with Crippen LogP contribution in [0.2, 0.25) is 0 Å². The largest absolute Gasteiger partial charge is 0.481 e. The number of hydrazone groups is 1. The van der Waals surface area contributed by atoms with Crippen LogP contribution in [0.25, 0.3) is 33.2 Å². The summed E-state index contributed by atoms with van der Waals surface area (Å²) in [6, 6.07) is 2.02. The van der Waals surface area contributed by atoms with Gasteiger partial charge in [0.25, 0.3) is 5.82 Å². The second kappa shape index (κ2) is 7.89. The highest BCUT2D eigenvalue weighted by Crippen LogP contribution is 2.39. The number of fused-ring (bicyclic) bond motifs is 3. The number of methoxy groups -OCH3 is 1. The standard InChI is InChI=1S/C24H29N8O2/c1-11(2)16-10-25-32(7)24(16)31(6)22-19-20-17(28-21(19)26-14(5)27-22)9-15(23(29-20)33-8)18-12(3)30-34-13(18)4/h9-11,16H,1-8H3,(H,26,27,28)/q+1. The molecule has 1 N–H and O–H groups in total. The van der Waals surface area contributed by atoms with E-state index in [0.29, 0.717) is 23.4 Å².